The molecular weight excluding hydrogens is 334 g/mol. The quantitative estimate of drug-likeness (QED) is 0.860. The van der Waals surface area contributed by atoms with Crippen LogP contribution in [0.2, 0.25) is 0 Å². The van der Waals surface area contributed by atoms with E-state index in [0.717, 1.165) is 13.0 Å². The molecular formula is C15H20BrN3O2. The summed E-state index contributed by atoms with van der Waals surface area (Å²) in [5.74, 6) is -0.209. The van der Waals surface area contributed by atoms with Crippen LogP contribution in [0.5, 0.6) is 0 Å². The molecule has 0 radical (unpaired) electrons. The number of nitrogens with zero attached hydrogens (tertiary/aromatic N) is 1. The van der Waals surface area contributed by atoms with Crippen LogP contribution in [0.1, 0.15) is 23.7 Å². The smallest absolute Gasteiger partial charge is 0.259 e. The standard InChI is InChI=1S/C15H20BrN3O2/c1-10-6-11(17)8-19(7-10)9-14(20)18-15(21)12-4-2-3-5-13(12)16/h2-5,10-11H,6-9,17H2,1H3,(H,18,20,21). The molecule has 5 nitrogen and oxygen atoms in total. The van der Waals surface area contributed by atoms with E-state index in [1.165, 1.54) is 0 Å². The van der Waals surface area contributed by atoms with Crippen LogP contribution in [0.25, 0.3) is 0 Å². The Morgan fingerprint density at radius 3 is 2.76 bits per heavy atom. The van der Waals surface area contributed by atoms with Gasteiger partial charge in [-0.3, -0.25) is 19.8 Å². The van der Waals surface area contributed by atoms with Gasteiger partial charge in [-0.1, -0.05) is 19.1 Å². The molecule has 0 spiro atoms. The van der Waals surface area contributed by atoms with Gasteiger partial charge < -0.3 is 5.73 Å². The highest BCUT2D eigenvalue weighted by atomic mass is 79.9. The number of nitrogens with two attached hydrogens (primary N) is 1. The zero-order valence-electron chi connectivity index (χ0n) is 12.0. The molecule has 2 unspecified atom stereocenters. The van der Waals surface area contributed by atoms with Gasteiger partial charge in [-0.2, -0.15) is 0 Å². The molecule has 114 valence electrons. The van der Waals surface area contributed by atoms with Crippen LogP contribution in [0.15, 0.2) is 28.7 Å². The maximum Gasteiger partial charge on any atom is 0.259 e. The third-order valence-electron chi connectivity index (χ3n) is 3.51. The molecule has 0 aliphatic carbocycles. The highest BCUT2D eigenvalue weighted by Gasteiger charge is 2.24. The predicted molar refractivity (Wildman–Crippen MR) is 84.8 cm³/mol. The Morgan fingerprint density at radius 1 is 1.38 bits per heavy atom. The predicted octanol–water partition coefficient (Wildman–Crippen LogP) is 1.37. The monoisotopic (exact) mass is 353 g/mol. The summed E-state index contributed by atoms with van der Waals surface area (Å²) >= 11 is 3.30. The van der Waals surface area contributed by atoms with Gasteiger partial charge in [0.2, 0.25) is 5.91 Å². The van der Waals surface area contributed by atoms with Crippen LogP contribution >= 0.6 is 15.9 Å². The van der Waals surface area contributed by atoms with E-state index < -0.39 is 0 Å². The van der Waals surface area contributed by atoms with Crippen molar-refractivity contribution >= 4 is 27.7 Å². The summed E-state index contributed by atoms with van der Waals surface area (Å²) in [4.78, 5) is 26.0. The van der Waals surface area contributed by atoms with Crippen molar-refractivity contribution < 1.29 is 9.59 Å². The SMILES string of the molecule is CC1CC(N)CN(CC(=O)NC(=O)c2ccccc2Br)C1. The van der Waals surface area contributed by atoms with Crippen molar-refractivity contribution in [3.8, 4) is 0 Å². The number of imide groups is 1. The van der Waals surface area contributed by atoms with E-state index >= 15 is 0 Å². The van der Waals surface area contributed by atoms with Gasteiger partial charge in [0.25, 0.3) is 5.91 Å². The summed E-state index contributed by atoms with van der Waals surface area (Å²) in [7, 11) is 0. The number of benzene rings is 1. The summed E-state index contributed by atoms with van der Waals surface area (Å²) in [5.41, 5.74) is 6.41. The largest absolute Gasteiger partial charge is 0.327 e. The van der Waals surface area contributed by atoms with Gasteiger partial charge in [0, 0.05) is 23.6 Å². The molecule has 1 saturated heterocycles. The fourth-order valence-electron chi connectivity index (χ4n) is 2.72. The fraction of sp³-hybridized carbons (Fsp3) is 0.467. The van der Waals surface area contributed by atoms with Crippen molar-refractivity contribution in [1.82, 2.24) is 10.2 Å². The second-order valence-corrected chi connectivity index (χ2v) is 6.51. The molecule has 1 fully saturated rings. The van der Waals surface area contributed by atoms with Gasteiger partial charge in [-0.15, -0.1) is 0 Å². The number of rotatable bonds is 3. The van der Waals surface area contributed by atoms with Crippen molar-refractivity contribution in [2.24, 2.45) is 11.7 Å². The lowest BCUT2D eigenvalue weighted by molar-refractivity contribution is -0.121. The lowest BCUT2D eigenvalue weighted by Gasteiger charge is -2.34. The van der Waals surface area contributed by atoms with E-state index in [4.69, 9.17) is 5.73 Å². The number of carbonyl (C=O) groups is 2. The Bertz CT molecular complexity index is 525. The van der Waals surface area contributed by atoms with Gasteiger partial charge in [-0.05, 0) is 40.4 Å². The van der Waals surface area contributed by atoms with Crippen molar-refractivity contribution in [2.75, 3.05) is 19.6 Å². The van der Waals surface area contributed by atoms with Crippen LogP contribution < -0.4 is 11.1 Å². The first-order chi connectivity index (χ1) is 9.95. The average molecular weight is 354 g/mol. The molecule has 6 heteroatoms. The Labute approximate surface area is 133 Å². The molecule has 2 rings (SSSR count). The van der Waals surface area contributed by atoms with Gasteiger partial charge in [0.15, 0.2) is 0 Å². The molecule has 3 N–H and O–H groups in total. The average Bonchev–Trinajstić information content (AvgIpc) is 2.37. The van der Waals surface area contributed by atoms with Crippen LogP contribution in [0, 0.1) is 5.92 Å². The molecule has 1 heterocycles. The first kappa shape index (κ1) is 16.1. The van der Waals surface area contributed by atoms with Crippen molar-refractivity contribution in [2.45, 2.75) is 19.4 Å². The molecule has 2 amide bonds. The van der Waals surface area contributed by atoms with Gasteiger partial charge >= 0.3 is 0 Å². The maximum absolute atomic E-state index is 12.0. The first-order valence-electron chi connectivity index (χ1n) is 7.02. The van der Waals surface area contributed by atoms with E-state index in [2.05, 4.69) is 28.2 Å². The van der Waals surface area contributed by atoms with Crippen LogP contribution in [-0.4, -0.2) is 42.4 Å². The van der Waals surface area contributed by atoms with E-state index in [9.17, 15) is 9.59 Å². The minimum Gasteiger partial charge on any atom is -0.327 e. The van der Waals surface area contributed by atoms with Gasteiger partial charge in [0.1, 0.15) is 0 Å². The second-order valence-electron chi connectivity index (χ2n) is 5.65. The van der Waals surface area contributed by atoms with Crippen LogP contribution in [-0.2, 0) is 4.79 Å². The summed E-state index contributed by atoms with van der Waals surface area (Å²) in [6, 6.07) is 7.12. The van der Waals surface area contributed by atoms with Gasteiger partial charge in [-0.25, -0.2) is 0 Å². The normalized spacial score (nSPS) is 22.8. The number of hydrogen-bond acceptors (Lipinski definition) is 4. The van der Waals surface area contributed by atoms with Crippen molar-refractivity contribution in [1.29, 1.82) is 0 Å². The summed E-state index contributed by atoms with van der Waals surface area (Å²) in [6.45, 7) is 3.86. The Morgan fingerprint density at radius 2 is 2.10 bits per heavy atom. The Kier molecular flexibility index (Phi) is 5.50. The molecule has 0 aromatic heterocycles. The van der Waals surface area contributed by atoms with E-state index in [0.29, 0.717) is 22.5 Å². The lowest BCUT2D eigenvalue weighted by atomic mass is 9.97. The number of carbonyl (C=O) groups excluding carboxylic acids is 2. The molecule has 1 aromatic carbocycles. The lowest BCUT2D eigenvalue weighted by Crippen LogP contribution is -2.50. The first-order valence-corrected chi connectivity index (χ1v) is 7.81. The van der Waals surface area contributed by atoms with E-state index in [-0.39, 0.29) is 24.4 Å². The zero-order valence-corrected chi connectivity index (χ0v) is 13.6. The van der Waals surface area contributed by atoms with Gasteiger partial charge in [0.05, 0.1) is 12.1 Å². The molecule has 0 saturated carbocycles. The Balaban J connectivity index is 1.90. The molecule has 1 aromatic rings. The number of likely N-dealkylation sites (tertiary alicyclic amines) is 1. The number of nitrogens with one attached hydrogen (secondary N) is 1. The highest BCUT2D eigenvalue weighted by Crippen LogP contribution is 2.16. The number of amides is 2. The highest BCUT2D eigenvalue weighted by molar-refractivity contribution is 9.10. The second kappa shape index (κ2) is 7.15. The van der Waals surface area contributed by atoms with Crippen LogP contribution in [0.4, 0.5) is 0 Å². The molecule has 2 atom stereocenters. The number of piperidine rings is 1. The summed E-state index contributed by atoms with van der Waals surface area (Å²) in [6.07, 6.45) is 0.980. The minimum absolute atomic E-state index is 0.0977. The van der Waals surface area contributed by atoms with Crippen molar-refractivity contribution in [3.63, 3.8) is 0 Å². The minimum atomic E-state index is -0.387. The van der Waals surface area contributed by atoms with Crippen LogP contribution in [0.3, 0.4) is 0 Å². The zero-order chi connectivity index (χ0) is 15.4. The molecule has 0 bridgehead atoms. The summed E-state index contributed by atoms with van der Waals surface area (Å²) < 4.78 is 0.670. The summed E-state index contributed by atoms with van der Waals surface area (Å²) in [5, 5.41) is 2.42. The molecule has 1 aliphatic heterocycles. The number of hydrogen-bond donors (Lipinski definition) is 2. The van der Waals surface area contributed by atoms with Crippen molar-refractivity contribution in [3.05, 3.63) is 34.3 Å². The third-order valence-corrected chi connectivity index (χ3v) is 4.20. The maximum atomic E-state index is 12.0. The Hall–Kier alpha value is -1.24. The molecule has 1 aliphatic rings. The number of halogens is 1. The van der Waals surface area contributed by atoms with E-state index in [1.54, 1.807) is 18.2 Å². The fourth-order valence-corrected chi connectivity index (χ4v) is 3.19. The topological polar surface area (TPSA) is 75.4 Å². The van der Waals surface area contributed by atoms with E-state index in [1.807, 2.05) is 11.0 Å². The molecule has 21 heavy (non-hydrogen) atoms. The third kappa shape index (κ3) is 4.62.